The number of carbonyl (C=O) groups excluding carboxylic acids is 1. The van der Waals surface area contributed by atoms with Gasteiger partial charge in [0.15, 0.2) is 9.84 Å². The van der Waals surface area contributed by atoms with Gasteiger partial charge in [-0.1, -0.05) is 29.3 Å². The Labute approximate surface area is 184 Å². The third-order valence-electron chi connectivity index (χ3n) is 4.63. The van der Waals surface area contributed by atoms with Crippen LogP contribution < -0.4 is 9.46 Å². The van der Waals surface area contributed by atoms with Crippen LogP contribution in [0.4, 0.5) is 0 Å². The highest BCUT2D eigenvalue weighted by atomic mass is 35.5. The molecule has 1 aliphatic heterocycles. The average molecular weight is 493 g/mol. The molecule has 0 aliphatic carbocycles. The van der Waals surface area contributed by atoms with Crippen molar-refractivity contribution < 1.29 is 26.4 Å². The summed E-state index contributed by atoms with van der Waals surface area (Å²) in [7, 11) is -6.25. The number of carbonyl (C=O) groups is 1. The number of rotatable bonds is 7. The van der Waals surface area contributed by atoms with Crippen LogP contribution in [0, 0.1) is 0 Å². The lowest BCUT2D eigenvalue weighted by atomic mass is 10.2. The molecule has 1 saturated heterocycles. The fourth-order valence-corrected chi connectivity index (χ4v) is 6.64. The zero-order valence-electron chi connectivity index (χ0n) is 15.7. The fraction of sp³-hybridized carbons (Fsp3) is 0.278. The second kappa shape index (κ2) is 8.72. The first-order valence-corrected chi connectivity index (χ1v) is 12.4. The van der Waals surface area contributed by atoms with E-state index in [1.807, 2.05) is 0 Å². The van der Waals surface area contributed by atoms with Crippen molar-refractivity contribution in [3.63, 3.8) is 0 Å². The normalized spacial score (nSPS) is 15.0. The van der Waals surface area contributed by atoms with Crippen molar-refractivity contribution in [2.24, 2.45) is 0 Å². The molecule has 0 unspecified atom stereocenters. The number of halogens is 2. The minimum Gasteiger partial charge on any atom is -0.497 e. The van der Waals surface area contributed by atoms with E-state index in [0.29, 0.717) is 5.75 Å². The minimum absolute atomic E-state index is 0.0260. The summed E-state index contributed by atoms with van der Waals surface area (Å²) in [6, 6.07) is 10.2. The maximum atomic E-state index is 12.6. The number of nitrogens with one attached hydrogen (secondary N) is 1. The highest BCUT2D eigenvalue weighted by Gasteiger charge is 2.40. The second-order valence-corrected chi connectivity index (χ2v) is 11.3. The van der Waals surface area contributed by atoms with Gasteiger partial charge in [-0.2, -0.15) is 0 Å². The van der Waals surface area contributed by atoms with Crippen LogP contribution in [-0.4, -0.2) is 59.6 Å². The number of ether oxygens (including phenoxy) is 1. The van der Waals surface area contributed by atoms with Gasteiger partial charge in [0.1, 0.15) is 15.9 Å². The predicted octanol–water partition coefficient (Wildman–Crippen LogP) is 1.96. The molecule has 30 heavy (non-hydrogen) atoms. The molecule has 0 bridgehead atoms. The Bertz CT molecular complexity index is 1140. The number of hydrogen-bond donors (Lipinski definition) is 1. The van der Waals surface area contributed by atoms with Crippen molar-refractivity contribution >= 4 is 49.0 Å². The number of sulfone groups is 1. The number of sulfonamides is 1. The van der Waals surface area contributed by atoms with Gasteiger partial charge in [0, 0.05) is 13.1 Å². The molecular weight excluding hydrogens is 475 g/mol. The Morgan fingerprint density at radius 3 is 2.17 bits per heavy atom. The molecule has 3 rings (SSSR count). The van der Waals surface area contributed by atoms with Crippen LogP contribution in [0.15, 0.2) is 52.3 Å². The molecule has 2 aromatic rings. The summed E-state index contributed by atoms with van der Waals surface area (Å²) in [5.41, 5.74) is 0. The lowest BCUT2D eigenvalue weighted by Gasteiger charge is -2.38. The molecule has 2 aromatic carbocycles. The number of benzene rings is 2. The Kier molecular flexibility index (Phi) is 6.63. The van der Waals surface area contributed by atoms with Crippen LogP contribution >= 0.6 is 23.2 Å². The predicted molar refractivity (Wildman–Crippen MR) is 112 cm³/mol. The van der Waals surface area contributed by atoms with Crippen LogP contribution in [0.3, 0.4) is 0 Å². The van der Waals surface area contributed by atoms with Crippen molar-refractivity contribution in [3.8, 4) is 5.75 Å². The second-order valence-electron chi connectivity index (χ2n) is 6.52. The van der Waals surface area contributed by atoms with E-state index in [9.17, 15) is 21.6 Å². The quantitative estimate of drug-likeness (QED) is 0.632. The summed E-state index contributed by atoms with van der Waals surface area (Å²) in [5, 5.41) is -0.904. The zero-order valence-corrected chi connectivity index (χ0v) is 18.9. The maximum Gasteiger partial charge on any atom is 0.244 e. The molecule has 0 aromatic heterocycles. The molecule has 162 valence electrons. The lowest BCUT2D eigenvalue weighted by Crippen LogP contribution is -2.58. The number of likely N-dealkylation sites (tertiary alicyclic amines) is 1. The molecule has 0 saturated carbocycles. The van der Waals surface area contributed by atoms with E-state index in [2.05, 4.69) is 4.72 Å². The van der Waals surface area contributed by atoms with Gasteiger partial charge in [0.25, 0.3) is 0 Å². The summed E-state index contributed by atoms with van der Waals surface area (Å²) in [6.45, 7) is -0.595. The lowest BCUT2D eigenvalue weighted by molar-refractivity contribution is -0.133. The van der Waals surface area contributed by atoms with Gasteiger partial charge >= 0.3 is 0 Å². The van der Waals surface area contributed by atoms with Crippen LogP contribution in [0.5, 0.6) is 5.75 Å². The molecule has 0 radical (unpaired) electrons. The molecule has 1 amide bonds. The highest BCUT2D eigenvalue weighted by Crippen LogP contribution is 2.29. The molecule has 1 aliphatic rings. The van der Waals surface area contributed by atoms with Crippen molar-refractivity contribution in [2.75, 3.05) is 26.7 Å². The standard InChI is InChI=1S/C18H18Cl2N2O6S2/c1-28-12-5-7-13(8-6-12)29(24,25)14-10-22(11-14)17(23)9-21-30(26,27)18-15(19)3-2-4-16(18)20/h2-8,14,21H,9-11H2,1H3. The maximum absolute atomic E-state index is 12.6. The third-order valence-corrected chi connectivity index (χ3v) is 9.09. The highest BCUT2D eigenvalue weighted by molar-refractivity contribution is 7.92. The molecule has 12 heteroatoms. The van der Waals surface area contributed by atoms with Crippen molar-refractivity contribution in [1.82, 2.24) is 9.62 Å². The first kappa shape index (κ1) is 22.8. The molecule has 0 atom stereocenters. The first-order valence-electron chi connectivity index (χ1n) is 8.65. The molecule has 1 fully saturated rings. The van der Waals surface area contributed by atoms with E-state index < -0.39 is 37.6 Å². The fourth-order valence-electron chi connectivity index (χ4n) is 2.88. The van der Waals surface area contributed by atoms with Crippen LogP contribution in [0.2, 0.25) is 10.0 Å². The monoisotopic (exact) mass is 492 g/mol. The van der Waals surface area contributed by atoms with E-state index >= 15 is 0 Å². The molecule has 1 heterocycles. The first-order chi connectivity index (χ1) is 14.1. The number of amides is 1. The molecule has 0 spiro atoms. The molecule has 1 N–H and O–H groups in total. The van der Waals surface area contributed by atoms with E-state index in [-0.39, 0.29) is 32.9 Å². The number of nitrogens with zero attached hydrogens (tertiary/aromatic N) is 1. The van der Waals surface area contributed by atoms with Crippen LogP contribution in [0.1, 0.15) is 0 Å². The van der Waals surface area contributed by atoms with Gasteiger partial charge in [-0.3, -0.25) is 4.79 Å². The summed E-state index contributed by atoms with van der Waals surface area (Å²) in [4.78, 5) is 13.4. The number of methoxy groups -OCH3 is 1. The van der Waals surface area contributed by atoms with Crippen LogP contribution in [-0.2, 0) is 24.7 Å². The third kappa shape index (κ3) is 4.57. The van der Waals surface area contributed by atoms with Gasteiger partial charge < -0.3 is 9.64 Å². The Balaban J connectivity index is 1.60. The SMILES string of the molecule is COc1ccc(S(=O)(=O)C2CN(C(=O)CNS(=O)(=O)c3c(Cl)cccc3Cl)C2)cc1. The molecular formula is C18H18Cl2N2O6S2. The number of hydrogen-bond acceptors (Lipinski definition) is 6. The van der Waals surface area contributed by atoms with E-state index in [0.717, 1.165) is 0 Å². The van der Waals surface area contributed by atoms with Gasteiger partial charge in [-0.15, -0.1) is 0 Å². The summed E-state index contributed by atoms with van der Waals surface area (Å²) >= 11 is 11.8. The summed E-state index contributed by atoms with van der Waals surface area (Å²) in [6.07, 6.45) is 0. The topological polar surface area (TPSA) is 110 Å². The summed E-state index contributed by atoms with van der Waals surface area (Å²) < 4.78 is 57.3. The van der Waals surface area contributed by atoms with Gasteiger partial charge in [-0.25, -0.2) is 21.6 Å². The van der Waals surface area contributed by atoms with Gasteiger partial charge in [-0.05, 0) is 36.4 Å². The largest absolute Gasteiger partial charge is 0.497 e. The Morgan fingerprint density at radius 1 is 1.07 bits per heavy atom. The van der Waals surface area contributed by atoms with E-state index in [1.54, 1.807) is 12.1 Å². The van der Waals surface area contributed by atoms with E-state index in [1.165, 1.54) is 42.3 Å². The van der Waals surface area contributed by atoms with Crippen molar-refractivity contribution in [3.05, 3.63) is 52.5 Å². The molecule has 8 nitrogen and oxygen atoms in total. The minimum atomic E-state index is -4.12. The van der Waals surface area contributed by atoms with Crippen molar-refractivity contribution in [2.45, 2.75) is 15.0 Å². The van der Waals surface area contributed by atoms with Gasteiger partial charge in [0.2, 0.25) is 15.9 Å². The zero-order chi connectivity index (χ0) is 22.1. The van der Waals surface area contributed by atoms with E-state index in [4.69, 9.17) is 27.9 Å². The summed E-state index contributed by atoms with van der Waals surface area (Å²) in [5.74, 6) is -0.0202. The average Bonchev–Trinajstić information content (AvgIpc) is 2.65. The Morgan fingerprint density at radius 2 is 1.63 bits per heavy atom. The Hall–Kier alpha value is -1.85. The van der Waals surface area contributed by atoms with Crippen LogP contribution in [0.25, 0.3) is 0 Å². The smallest absolute Gasteiger partial charge is 0.244 e. The van der Waals surface area contributed by atoms with Crippen molar-refractivity contribution in [1.29, 1.82) is 0 Å². The van der Waals surface area contributed by atoms with Gasteiger partial charge in [0.05, 0.1) is 28.6 Å².